The van der Waals surface area contributed by atoms with Crippen LogP contribution < -0.4 is 21.5 Å². The fraction of sp³-hybridized carbons (Fsp3) is 0.125. The van der Waals surface area contributed by atoms with E-state index in [-0.39, 0.29) is 18.1 Å². The molecule has 0 atom stereocenters. The molecule has 5 N–H and O–H groups in total. The maximum absolute atomic E-state index is 14.1. The summed E-state index contributed by atoms with van der Waals surface area (Å²) < 4.78 is 19.7. The van der Waals surface area contributed by atoms with Gasteiger partial charge in [-0.3, -0.25) is 4.79 Å². The number of ether oxygens (including phenoxy) is 1. The molecule has 1 amide bonds. The number of nitrogen functional groups attached to an aromatic ring is 1. The van der Waals surface area contributed by atoms with Crippen molar-refractivity contribution >= 4 is 23.5 Å². The topological polar surface area (TPSA) is 103 Å². The van der Waals surface area contributed by atoms with E-state index < -0.39 is 11.7 Å². The second-order valence-electron chi connectivity index (χ2n) is 4.61. The van der Waals surface area contributed by atoms with E-state index in [1.54, 1.807) is 18.2 Å². The molecular weight excluding hydrogens is 299 g/mol. The minimum atomic E-state index is -0.623. The Hall–Kier alpha value is -2.93. The van der Waals surface area contributed by atoms with Crippen molar-refractivity contribution in [2.75, 3.05) is 17.6 Å². The van der Waals surface area contributed by atoms with Gasteiger partial charge in [-0.15, -0.1) is 0 Å². The summed E-state index contributed by atoms with van der Waals surface area (Å²) in [6, 6.07) is 5.68. The van der Waals surface area contributed by atoms with Crippen molar-refractivity contribution in [3.05, 3.63) is 47.9 Å². The first kappa shape index (κ1) is 16.4. The van der Waals surface area contributed by atoms with Crippen LogP contribution in [0.3, 0.4) is 0 Å². The highest BCUT2D eigenvalue weighted by Crippen LogP contribution is 2.31. The quantitative estimate of drug-likeness (QED) is 0.786. The summed E-state index contributed by atoms with van der Waals surface area (Å²) in [5.74, 6) is -0.356. The highest BCUT2D eigenvalue weighted by Gasteiger charge is 2.11. The number of rotatable bonds is 5. The van der Waals surface area contributed by atoms with Crippen molar-refractivity contribution < 1.29 is 13.9 Å². The normalized spacial score (nSPS) is 10.7. The molecule has 0 saturated carbocycles. The van der Waals surface area contributed by atoms with Crippen LogP contribution in [0.25, 0.3) is 6.08 Å². The van der Waals surface area contributed by atoms with E-state index in [9.17, 15) is 9.18 Å². The van der Waals surface area contributed by atoms with Crippen molar-refractivity contribution in [3.63, 3.8) is 0 Å². The van der Waals surface area contributed by atoms with Crippen LogP contribution in [0.2, 0.25) is 0 Å². The Balaban J connectivity index is 2.28. The van der Waals surface area contributed by atoms with Gasteiger partial charge < -0.3 is 21.5 Å². The maximum atomic E-state index is 14.1. The van der Waals surface area contributed by atoms with Crippen LogP contribution >= 0.6 is 0 Å². The average Bonchev–Trinajstić information content (AvgIpc) is 2.53. The molecule has 2 aromatic rings. The number of amides is 1. The standard InChI is InChI=1S/C16H17FN4O2/c1-2-3-11-13(6-7-20-16(11)19)23-14-5-4-10(8-12(14)17)21-15(22)9-18/h2-8H,9,18H2,1H3,(H2,19,20)(H,21,22)/b3-2-. The van der Waals surface area contributed by atoms with Gasteiger partial charge in [0.1, 0.15) is 11.6 Å². The molecule has 1 aromatic carbocycles. The number of halogens is 1. The predicted molar refractivity (Wildman–Crippen MR) is 87.5 cm³/mol. The number of hydrogen-bond acceptors (Lipinski definition) is 5. The Bertz CT molecular complexity index is 747. The number of carbonyl (C=O) groups is 1. The third kappa shape index (κ3) is 4.04. The lowest BCUT2D eigenvalue weighted by Crippen LogP contribution is -2.21. The third-order valence-electron chi connectivity index (χ3n) is 2.94. The van der Waals surface area contributed by atoms with Crippen molar-refractivity contribution in [2.45, 2.75) is 6.92 Å². The number of nitrogens with zero attached hydrogens (tertiary/aromatic N) is 1. The number of anilines is 2. The second-order valence-corrected chi connectivity index (χ2v) is 4.61. The summed E-state index contributed by atoms with van der Waals surface area (Å²) in [6.45, 7) is 1.65. The lowest BCUT2D eigenvalue weighted by Gasteiger charge is -2.12. The van der Waals surface area contributed by atoms with Crippen LogP contribution in [0.15, 0.2) is 36.5 Å². The molecule has 0 spiro atoms. The number of allylic oxidation sites excluding steroid dienone is 1. The molecule has 1 aromatic heterocycles. The molecule has 23 heavy (non-hydrogen) atoms. The van der Waals surface area contributed by atoms with Crippen LogP contribution in [0.1, 0.15) is 12.5 Å². The molecule has 0 aliphatic heterocycles. The molecule has 120 valence electrons. The summed E-state index contributed by atoms with van der Waals surface area (Å²) in [5, 5.41) is 2.46. The smallest absolute Gasteiger partial charge is 0.238 e. The maximum Gasteiger partial charge on any atom is 0.238 e. The van der Waals surface area contributed by atoms with Crippen LogP contribution in [0.5, 0.6) is 11.5 Å². The van der Waals surface area contributed by atoms with E-state index in [0.29, 0.717) is 17.0 Å². The van der Waals surface area contributed by atoms with E-state index in [4.69, 9.17) is 16.2 Å². The van der Waals surface area contributed by atoms with E-state index in [0.717, 1.165) is 6.07 Å². The van der Waals surface area contributed by atoms with Crippen LogP contribution in [0, 0.1) is 5.82 Å². The predicted octanol–water partition coefficient (Wildman–Crippen LogP) is 2.53. The number of benzene rings is 1. The lowest BCUT2D eigenvalue weighted by atomic mass is 10.2. The monoisotopic (exact) mass is 316 g/mol. The zero-order chi connectivity index (χ0) is 16.8. The first-order valence-electron chi connectivity index (χ1n) is 6.89. The highest BCUT2D eigenvalue weighted by molar-refractivity contribution is 5.92. The molecule has 7 heteroatoms. The summed E-state index contributed by atoms with van der Waals surface area (Å²) >= 11 is 0. The fourth-order valence-corrected chi connectivity index (χ4v) is 1.89. The Labute approximate surface area is 133 Å². The van der Waals surface area contributed by atoms with Gasteiger partial charge in [0.25, 0.3) is 0 Å². The van der Waals surface area contributed by atoms with Crippen molar-refractivity contribution in [3.8, 4) is 11.5 Å². The van der Waals surface area contributed by atoms with Crippen LogP contribution in [-0.4, -0.2) is 17.4 Å². The van der Waals surface area contributed by atoms with E-state index in [1.165, 1.54) is 18.3 Å². The van der Waals surface area contributed by atoms with Gasteiger partial charge >= 0.3 is 0 Å². The first-order valence-corrected chi connectivity index (χ1v) is 6.89. The molecule has 1 heterocycles. The Kier molecular flexibility index (Phi) is 5.27. The number of nitrogens with two attached hydrogens (primary N) is 2. The van der Waals surface area contributed by atoms with Gasteiger partial charge in [-0.05, 0) is 25.1 Å². The van der Waals surface area contributed by atoms with Gasteiger partial charge in [-0.1, -0.05) is 12.2 Å². The van der Waals surface area contributed by atoms with Gasteiger partial charge in [-0.25, -0.2) is 9.37 Å². The van der Waals surface area contributed by atoms with E-state index in [2.05, 4.69) is 10.3 Å². The Morgan fingerprint density at radius 2 is 2.17 bits per heavy atom. The largest absolute Gasteiger partial charge is 0.453 e. The average molecular weight is 316 g/mol. The number of pyridine rings is 1. The molecule has 0 fully saturated rings. The molecule has 0 unspecified atom stereocenters. The van der Waals surface area contributed by atoms with Gasteiger partial charge in [0, 0.05) is 18.0 Å². The number of hydrogen-bond donors (Lipinski definition) is 3. The van der Waals surface area contributed by atoms with Gasteiger partial charge in [0.15, 0.2) is 11.6 Å². The number of aromatic nitrogens is 1. The molecule has 0 aliphatic carbocycles. The summed E-state index contributed by atoms with van der Waals surface area (Å²) in [7, 11) is 0. The minimum Gasteiger partial charge on any atom is -0.453 e. The minimum absolute atomic E-state index is 0.00657. The summed E-state index contributed by atoms with van der Waals surface area (Å²) in [5.41, 5.74) is 11.9. The molecule has 0 radical (unpaired) electrons. The molecule has 0 bridgehead atoms. The fourth-order valence-electron chi connectivity index (χ4n) is 1.89. The van der Waals surface area contributed by atoms with Gasteiger partial charge in [0.05, 0.1) is 12.1 Å². The van der Waals surface area contributed by atoms with Gasteiger partial charge in [0.2, 0.25) is 5.91 Å². The summed E-state index contributed by atoms with van der Waals surface area (Å²) in [6.07, 6.45) is 4.98. The molecule has 6 nitrogen and oxygen atoms in total. The third-order valence-corrected chi connectivity index (χ3v) is 2.94. The van der Waals surface area contributed by atoms with E-state index in [1.807, 2.05) is 6.92 Å². The SMILES string of the molecule is C/C=C\c1c(Oc2ccc(NC(=O)CN)cc2F)ccnc1N. The summed E-state index contributed by atoms with van der Waals surface area (Å²) in [4.78, 5) is 15.2. The molecule has 2 rings (SSSR count). The number of carbonyl (C=O) groups excluding carboxylic acids is 1. The first-order chi connectivity index (χ1) is 11.0. The molecule has 0 aliphatic rings. The van der Waals surface area contributed by atoms with Gasteiger partial charge in [-0.2, -0.15) is 0 Å². The zero-order valence-electron chi connectivity index (χ0n) is 12.5. The van der Waals surface area contributed by atoms with Crippen LogP contribution in [-0.2, 0) is 4.79 Å². The Morgan fingerprint density at radius 3 is 2.83 bits per heavy atom. The van der Waals surface area contributed by atoms with Crippen LogP contribution in [0.4, 0.5) is 15.9 Å². The van der Waals surface area contributed by atoms with Crippen molar-refractivity contribution in [2.24, 2.45) is 5.73 Å². The van der Waals surface area contributed by atoms with Crippen molar-refractivity contribution in [1.29, 1.82) is 0 Å². The lowest BCUT2D eigenvalue weighted by molar-refractivity contribution is -0.114. The van der Waals surface area contributed by atoms with Crippen molar-refractivity contribution in [1.82, 2.24) is 4.98 Å². The Morgan fingerprint density at radius 1 is 1.39 bits per heavy atom. The number of nitrogens with one attached hydrogen (secondary N) is 1. The zero-order valence-corrected chi connectivity index (χ0v) is 12.5. The molecule has 0 saturated heterocycles. The van der Waals surface area contributed by atoms with E-state index >= 15 is 0 Å². The second kappa shape index (κ2) is 7.37. The highest BCUT2D eigenvalue weighted by atomic mass is 19.1. The molecular formula is C16H17FN4O2.